The van der Waals surface area contributed by atoms with Gasteiger partial charge in [-0.2, -0.15) is 0 Å². The van der Waals surface area contributed by atoms with E-state index in [9.17, 15) is 18.0 Å². The Morgan fingerprint density at radius 2 is 2.19 bits per heavy atom. The highest BCUT2D eigenvalue weighted by atomic mass is 79.9. The minimum absolute atomic E-state index is 0.204. The minimum Gasteiger partial charge on any atom is -0.296 e. The first kappa shape index (κ1) is 13.2. The molecule has 0 aromatic carbocycles. The number of aryl methyl sites for hydroxylation is 1. The summed E-state index contributed by atoms with van der Waals surface area (Å²) < 4.78 is 39.8. The molecule has 4 nitrogen and oxygen atoms in total. The van der Waals surface area contributed by atoms with Gasteiger partial charge in [-0.05, 0) is 22.9 Å². The van der Waals surface area contributed by atoms with Crippen LogP contribution >= 0.6 is 15.9 Å². The monoisotopic (exact) mass is 300 g/mol. The van der Waals surface area contributed by atoms with Crippen LogP contribution in [0.15, 0.2) is 15.6 Å². The lowest BCUT2D eigenvalue weighted by atomic mass is 10.4. The van der Waals surface area contributed by atoms with E-state index in [1.54, 1.807) is 6.92 Å². The largest absolute Gasteiger partial charge is 0.522 e. The quantitative estimate of drug-likeness (QED) is 0.856. The highest BCUT2D eigenvalue weighted by Crippen LogP contribution is 2.15. The van der Waals surface area contributed by atoms with Gasteiger partial charge in [0.25, 0.3) is 5.56 Å². The molecule has 0 atom stereocenters. The zero-order chi connectivity index (χ0) is 12.3. The molecule has 16 heavy (non-hydrogen) atoms. The van der Waals surface area contributed by atoms with Gasteiger partial charge >= 0.3 is 6.36 Å². The highest BCUT2D eigenvalue weighted by Gasteiger charge is 2.28. The Morgan fingerprint density at radius 1 is 1.56 bits per heavy atom. The molecule has 8 heteroatoms. The van der Waals surface area contributed by atoms with Crippen molar-refractivity contribution in [2.75, 3.05) is 6.61 Å². The summed E-state index contributed by atoms with van der Waals surface area (Å²) in [6.45, 7) is 0.785. The summed E-state index contributed by atoms with van der Waals surface area (Å²) in [4.78, 5) is 15.3. The van der Waals surface area contributed by atoms with E-state index in [4.69, 9.17) is 0 Å². The normalized spacial score (nSPS) is 11.8. The van der Waals surface area contributed by atoms with E-state index in [-0.39, 0.29) is 11.0 Å². The minimum atomic E-state index is -4.68. The number of rotatable bonds is 3. The lowest BCUT2D eigenvalue weighted by Crippen LogP contribution is -2.26. The van der Waals surface area contributed by atoms with Gasteiger partial charge in [-0.15, -0.1) is 13.2 Å². The molecular weight excluding hydrogens is 293 g/mol. The third-order valence-corrected chi connectivity index (χ3v) is 2.67. The van der Waals surface area contributed by atoms with Crippen LogP contribution in [0.2, 0.25) is 0 Å². The average Bonchev–Trinajstić information content (AvgIpc) is 2.16. The first-order valence-corrected chi connectivity index (χ1v) is 5.03. The van der Waals surface area contributed by atoms with Crippen LogP contribution in [0.25, 0.3) is 0 Å². The standard InChI is InChI=1S/C8H8BrF3N2O2/c1-5-6(9)7(15)14(4-13-5)2-3-16-8(10,11)12/h4H,2-3H2,1H3. The van der Waals surface area contributed by atoms with Crippen LogP contribution in [0.4, 0.5) is 13.2 Å². The van der Waals surface area contributed by atoms with Crippen molar-refractivity contribution in [2.45, 2.75) is 19.8 Å². The van der Waals surface area contributed by atoms with Crippen molar-refractivity contribution in [3.63, 3.8) is 0 Å². The van der Waals surface area contributed by atoms with E-state index in [1.165, 1.54) is 6.33 Å². The lowest BCUT2D eigenvalue weighted by Gasteiger charge is -2.09. The van der Waals surface area contributed by atoms with Gasteiger partial charge in [0, 0.05) is 0 Å². The van der Waals surface area contributed by atoms with Gasteiger partial charge in [-0.3, -0.25) is 14.1 Å². The highest BCUT2D eigenvalue weighted by molar-refractivity contribution is 9.10. The smallest absolute Gasteiger partial charge is 0.296 e. The first-order chi connectivity index (χ1) is 7.31. The van der Waals surface area contributed by atoms with E-state index in [2.05, 4.69) is 25.7 Å². The number of hydrogen-bond acceptors (Lipinski definition) is 3. The van der Waals surface area contributed by atoms with Gasteiger partial charge < -0.3 is 0 Å². The van der Waals surface area contributed by atoms with Crippen LogP contribution in [-0.4, -0.2) is 22.5 Å². The van der Waals surface area contributed by atoms with Crippen molar-refractivity contribution in [3.8, 4) is 0 Å². The van der Waals surface area contributed by atoms with Crippen molar-refractivity contribution in [1.29, 1.82) is 0 Å². The van der Waals surface area contributed by atoms with Crippen LogP contribution in [0.1, 0.15) is 5.69 Å². The molecule has 0 N–H and O–H groups in total. The molecule has 1 rings (SSSR count). The third kappa shape index (κ3) is 3.60. The summed E-state index contributed by atoms with van der Waals surface area (Å²) in [5.74, 6) is 0. The molecule has 90 valence electrons. The number of halogens is 4. The molecule has 1 aromatic rings. The molecule has 0 amide bonds. The zero-order valence-electron chi connectivity index (χ0n) is 8.21. The fourth-order valence-corrected chi connectivity index (χ4v) is 1.30. The molecule has 1 heterocycles. The predicted octanol–water partition coefficient (Wildman–Crippen LogP) is 1.85. The number of nitrogens with zero attached hydrogens (tertiary/aromatic N) is 2. The topological polar surface area (TPSA) is 44.1 Å². The molecule has 0 fully saturated rings. The zero-order valence-corrected chi connectivity index (χ0v) is 9.80. The van der Waals surface area contributed by atoms with E-state index in [1.807, 2.05) is 0 Å². The molecule has 0 saturated heterocycles. The van der Waals surface area contributed by atoms with E-state index in [0.29, 0.717) is 5.69 Å². The summed E-state index contributed by atoms with van der Waals surface area (Å²) in [6.07, 6.45) is -3.50. The summed E-state index contributed by atoms with van der Waals surface area (Å²) in [5.41, 5.74) is 0.0521. The van der Waals surface area contributed by atoms with E-state index < -0.39 is 18.5 Å². The maximum Gasteiger partial charge on any atom is 0.522 e. The van der Waals surface area contributed by atoms with Gasteiger partial charge in [0.2, 0.25) is 0 Å². The summed E-state index contributed by atoms with van der Waals surface area (Å²) in [7, 11) is 0. The fourth-order valence-electron chi connectivity index (χ4n) is 0.965. The second-order valence-corrected chi connectivity index (χ2v) is 3.73. The number of aromatic nitrogens is 2. The SMILES string of the molecule is Cc1ncn(CCOC(F)(F)F)c(=O)c1Br. The van der Waals surface area contributed by atoms with Crippen molar-refractivity contribution < 1.29 is 17.9 Å². The van der Waals surface area contributed by atoms with Gasteiger partial charge in [-0.1, -0.05) is 0 Å². The Kier molecular flexibility index (Phi) is 4.09. The molecule has 0 bridgehead atoms. The van der Waals surface area contributed by atoms with Crippen LogP contribution < -0.4 is 5.56 Å². The van der Waals surface area contributed by atoms with Crippen molar-refractivity contribution in [3.05, 3.63) is 26.8 Å². The summed E-state index contributed by atoms with van der Waals surface area (Å²) in [6, 6.07) is 0. The van der Waals surface area contributed by atoms with Gasteiger partial charge in [-0.25, -0.2) is 4.98 Å². The molecule has 0 aliphatic carbocycles. The Balaban J connectivity index is 2.69. The van der Waals surface area contributed by atoms with Crippen LogP contribution in [0, 0.1) is 6.92 Å². The molecule has 0 unspecified atom stereocenters. The van der Waals surface area contributed by atoms with Gasteiger partial charge in [0.1, 0.15) is 4.47 Å². The molecule has 0 aliphatic rings. The van der Waals surface area contributed by atoms with Crippen molar-refractivity contribution in [1.82, 2.24) is 9.55 Å². The second-order valence-electron chi connectivity index (χ2n) is 2.94. The van der Waals surface area contributed by atoms with Crippen molar-refractivity contribution in [2.24, 2.45) is 0 Å². The summed E-state index contributed by atoms with van der Waals surface area (Å²) >= 11 is 3.00. The third-order valence-electron chi connectivity index (χ3n) is 1.75. The van der Waals surface area contributed by atoms with E-state index >= 15 is 0 Å². The Bertz CT molecular complexity index is 430. The van der Waals surface area contributed by atoms with Crippen LogP contribution in [0.5, 0.6) is 0 Å². The number of ether oxygens (including phenoxy) is 1. The van der Waals surface area contributed by atoms with Gasteiger partial charge in [0.15, 0.2) is 0 Å². The molecule has 0 aliphatic heterocycles. The molecule has 1 aromatic heterocycles. The number of alkyl halides is 3. The Hall–Kier alpha value is -0.890. The average molecular weight is 301 g/mol. The van der Waals surface area contributed by atoms with Crippen LogP contribution in [-0.2, 0) is 11.3 Å². The molecule has 0 radical (unpaired) electrons. The van der Waals surface area contributed by atoms with Crippen LogP contribution in [0.3, 0.4) is 0 Å². The first-order valence-electron chi connectivity index (χ1n) is 4.23. The maximum atomic E-state index is 11.7. The molecule has 0 saturated carbocycles. The second kappa shape index (κ2) is 4.96. The van der Waals surface area contributed by atoms with Gasteiger partial charge in [0.05, 0.1) is 25.2 Å². The molecule has 0 spiro atoms. The fraction of sp³-hybridized carbons (Fsp3) is 0.500. The maximum absolute atomic E-state index is 11.7. The Morgan fingerprint density at radius 3 is 2.75 bits per heavy atom. The predicted molar refractivity (Wildman–Crippen MR) is 52.9 cm³/mol. The summed E-state index contributed by atoms with van der Waals surface area (Å²) in [5, 5.41) is 0. The van der Waals surface area contributed by atoms with E-state index in [0.717, 1.165) is 4.57 Å². The van der Waals surface area contributed by atoms with Crippen molar-refractivity contribution >= 4 is 15.9 Å². The lowest BCUT2D eigenvalue weighted by molar-refractivity contribution is -0.325. The number of hydrogen-bond donors (Lipinski definition) is 0. The Labute approximate surface area is 97.2 Å². The molecular formula is C8H8BrF3N2O2.